The minimum absolute atomic E-state index is 0.207. The second-order valence-corrected chi connectivity index (χ2v) is 8.42. The quantitative estimate of drug-likeness (QED) is 0.316. The van der Waals surface area contributed by atoms with Gasteiger partial charge in [0.15, 0.2) is 10.3 Å². The van der Waals surface area contributed by atoms with E-state index in [1.807, 2.05) is 37.4 Å². The van der Waals surface area contributed by atoms with Gasteiger partial charge in [0.25, 0.3) is 0 Å². The van der Waals surface area contributed by atoms with Gasteiger partial charge in [-0.15, -0.1) is 0 Å². The van der Waals surface area contributed by atoms with Crippen LogP contribution in [0.2, 0.25) is 0 Å². The molecule has 160 valence electrons. The molecule has 0 unspecified atom stereocenters. The number of carboxylic acid groups (broad SMARTS) is 1. The fourth-order valence-electron chi connectivity index (χ4n) is 4.12. The van der Waals surface area contributed by atoms with Gasteiger partial charge in [-0.05, 0) is 52.2 Å². The van der Waals surface area contributed by atoms with Gasteiger partial charge in [-0.1, -0.05) is 37.3 Å². The summed E-state index contributed by atoms with van der Waals surface area (Å²) in [6.45, 7) is 4.77. The Morgan fingerprint density at radius 1 is 1.16 bits per heavy atom. The molecule has 5 rings (SSSR count). The van der Waals surface area contributed by atoms with Gasteiger partial charge in [0.1, 0.15) is 17.1 Å². The van der Waals surface area contributed by atoms with Crippen molar-refractivity contribution in [3.05, 3.63) is 81.9 Å². The molecule has 0 aliphatic rings. The van der Waals surface area contributed by atoms with Crippen LogP contribution in [0.5, 0.6) is 0 Å². The lowest BCUT2D eigenvalue weighted by Gasteiger charge is -2.08. The summed E-state index contributed by atoms with van der Waals surface area (Å²) in [6, 6.07) is 14.9. The molecular formula is C25H20BrN3O3. The number of carboxylic acids is 1. The van der Waals surface area contributed by atoms with Gasteiger partial charge in [-0.25, -0.2) is 14.8 Å². The van der Waals surface area contributed by atoms with Crippen LogP contribution >= 0.6 is 15.9 Å². The number of halogens is 1. The maximum Gasteiger partial charge on any atom is 0.336 e. The zero-order chi connectivity index (χ0) is 22.4. The number of aromatic carboxylic acids is 1. The number of furan rings is 1. The van der Waals surface area contributed by atoms with E-state index >= 15 is 0 Å². The van der Waals surface area contributed by atoms with Crippen LogP contribution in [0, 0.1) is 6.92 Å². The van der Waals surface area contributed by atoms with Gasteiger partial charge in [0.2, 0.25) is 0 Å². The molecule has 0 aliphatic carbocycles. The molecule has 3 heterocycles. The number of hydrogen-bond acceptors (Lipinski definition) is 4. The molecule has 0 amide bonds. The molecule has 3 aromatic heterocycles. The van der Waals surface area contributed by atoms with Crippen LogP contribution in [-0.2, 0) is 13.0 Å². The smallest absolute Gasteiger partial charge is 0.336 e. The van der Waals surface area contributed by atoms with Crippen LogP contribution in [0.15, 0.2) is 63.8 Å². The zero-order valence-electron chi connectivity index (χ0n) is 17.6. The van der Waals surface area contributed by atoms with Gasteiger partial charge < -0.3 is 14.1 Å². The molecule has 2 aromatic carbocycles. The maximum atomic E-state index is 11.7. The van der Waals surface area contributed by atoms with Crippen LogP contribution in [0.1, 0.15) is 34.2 Å². The van der Waals surface area contributed by atoms with Crippen LogP contribution in [0.4, 0.5) is 0 Å². The Kier molecular flexibility index (Phi) is 5.06. The summed E-state index contributed by atoms with van der Waals surface area (Å²) in [5.41, 5.74) is 4.76. The molecule has 0 saturated heterocycles. The summed E-state index contributed by atoms with van der Waals surface area (Å²) >= 11 is 3.52. The Labute approximate surface area is 192 Å². The molecule has 6 nitrogen and oxygen atoms in total. The number of fused-ring (bicyclic) bond motifs is 2. The summed E-state index contributed by atoms with van der Waals surface area (Å²) in [4.78, 5) is 21.1. The number of aryl methyl sites for hydroxylation is 2. The second kappa shape index (κ2) is 7.91. The molecule has 0 radical (unpaired) electrons. The van der Waals surface area contributed by atoms with Crippen molar-refractivity contribution >= 4 is 43.8 Å². The lowest BCUT2D eigenvalue weighted by atomic mass is 10.0. The van der Waals surface area contributed by atoms with Gasteiger partial charge >= 0.3 is 5.97 Å². The highest BCUT2D eigenvalue weighted by Crippen LogP contribution is 2.38. The predicted molar refractivity (Wildman–Crippen MR) is 127 cm³/mol. The third-order valence-electron chi connectivity index (χ3n) is 5.71. The van der Waals surface area contributed by atoms with E-state index in [-0.39, 0.29) is 5.56 Å². The first-order valence-electron chi connectivity index (χ1n) is 10.3. The average Bonchev–Trinajstić information content (AvgIpc) is 3.32. The van der Waals surface area contributed by atoms with E-state index in [4.69, 9.17) is 9.40 Å². The molecule has 0 bridgehead atoms. The van der Waals surface area contributed by atoms with Crippen molar-refractivity contribution in [2.75, 3.05) is 0 Å². The van der Waals surface area contributed by atoms with Crippen molar-refractivity contribution in [2.45, 2.75) is 26.8 Å². The van der Waals surface area contributed by atoms with Crippen molar-refractivity contribution in [3.63, 3.8) is 0 Å². The lowest BCUT2D eigenvalue weighted by molar-refractivity contribution is 0.0697. The number of rotatable bonds is 5. The van der Waals surface area contributed by atoms with Crippen molar-refractivity contribution in [3.8, 4) is 11.3 Å². The molecular weight excluding hydrogens is 470 g/mol. The lowest BCUT2D eigenvalue weighted by Crippen LogP contribution is -2.05. The number of pyridine rings is 1. The first-order valence-corrected chi connectivity index (χ1v) is 11.1. The first kappa shape index (κ1) is 20.5. The van der Waals surface area contributed by atoms with Gasteiger partial charge in [0, 0.05) is 29.0 Å². The Morgan fingerprint density at radius 3 is 2.75 bits per heavy atom. The second-order valence-electron chi connectivity index (χ2n) is 7.70. The summed E-state index contributed by atoms with van der Waals surface area (Å²) in [7, 11) is 0. The van der Waals surface area contributed by atoms with E-state index in [9.17, 15) is 9.90 Å². The van der Waals surface area contributed by atoms with E-state index < -0.39 is 5.97 Å². The fourth-order valence-corrected chi connectivity index (χ4v) is 4.61. The van der Waals surface area contributed by atoms with Gasteiger partial charge in [0.05, 0.1) is 12.1 Å². The summed E-state index contributed by atoms with van der Waals surface area (Å²) in [5, 5.41) is 11.3. The fraction of sp³-hybridized carbons (Fsp3) is 0.160. The van der Waals surface area contributed by atoms with Crippen molar-refractivity contribution in [2.24, 2.45) is 0 Å². The minimum Gasteiger partial charge on any atom is -0.478 e. The molecule has 32 heavy (non-hydrogen) atoms. The molecule has 0 aliphatic heterocycles. The topological polar surface area (TPSA) is 81.2 Å². The predicted octanol–water partition coefficient (Wildman–Crippen LogP) is 6.22. The molecule has 0 spiro atoms. The highest BCUT2D eigenvalue weighted by atomic mass is 79.9. The molecule has 0 fully saturated rings. The van der Waals surface area contributed by atoms with Crippen LogP contribution in [0.3, 0.4) is 0 Å². The standard InChI is InChI=1S/C25H20BrN3O3/c1-3-20-28-21-14(2)10-11-27-24(21)29(20)13-15-8-9-17-19(12-15)23(26)32-22(17)16-6-4-5-7-18(16)25(30)31/h4-12H,3,13H2,1-2H3,(H,30,31). The number of carbonyl (C=O) groups is 1. The number of imidazole rings is 1. The van der Waals surface area contributed by atoms with E-state index in [1.54, 1.807) is 18.2 Å². The Bertz CT molecular complexity index is 1500. The van der Waals surface area contributed by atoms with Crippen LogP contribution < -0.4 is 0 Å². The highest BCUT2D eigenvalue weighted by molar-refractivity contribution is 9.10. The Balaban J connectivity index is 1.61. The Morgan fingerprint density at radius 2 is 1.97 bits per heavy atom. The minimum atomic E-state index is -0.986. The van der Waals surface area contributed by atoms with Crippen molar-refractivity contribution in [1.82, 2.24) is 14.5 Å². The molecule has 0 atom stereocenters. The van der Waals surface area contributed by atoms with E-state index in [2.05, 4.69) is 38.5 Å². The van der Waals surface area contributed by atoms with Gasteiger partial charge in [-0.2, -0.15) is 0 Å². The summed E-state index contributed by atoms with van der Waals surface area (Å²) < 4.78 is 8.71. The SMILES string of the molecule is CCc1nc2c(C)ccnc2n1Cc1ccc2c(-c3ccccc3C(=O)O)oc(Br)c2c1. The maximum absolute atomic E-state index is 11.7. The van der Waals surface area contributed by atoms with Gasteiger partial charge in [-0.3, -0.25) is 0 Å². The van der Waals surface area contributed by atoms with E-state index in [0.29, 0.717) is 22.5 Å². The monoisotopic (exact) mass is 489 g/mol. The number of hydrogen-bond donors (Lipinski definition) is 1. The van der Waals surface area contributed by atoms with Crippen molar-refractivity contribution < 1.29 is 14.3 Å². The largest absolute Gasteiger partial charge is 0.478 e. The van der Waals surface area contributed by atoms with Crippen molar-refractivity contribution in [1.29, 1.82) is 0 Å². The number of benzene rings is 2. The summed E-state index contributed by atoms with van der Waals surface area (Å²) in [5.74, 6) is 0.542. The molecule has 5 aromatic rings. The summed E-state index contributed by atoms with van der Waals surface area (Å²) in [6.07, 6.45) is 2.63. The number of aromatic nitrogens is 3. The molecule has 7 heteroatoms. The molecule has 0 saturated carbocycles. The normalized spacial score (nSPS) is 11.5. The Hall–Kier alpha value is -3.45. The number of nitrogens with zero attached hydrogens (tertiary/aromatic N) is 3. The first-order chi connectivity index (χ1) is 15.5. The zero-order valence-corrected chi connectivity index (χ0v) is 19.2. The van der Waals surface area contributed by atoms with E-state index in [0.717, 1.165) is 45.3 Å². The third-order valence-corrected chi connectivity index (χ3v) is 6.29. The average molecular weight is 490 g/mol. The van der Waals surface area contributed by atoms with Crippen LogP contribution in [0.25, 0.3) is 33.3 Å². The third kappa shape index (κ3) is 3.29. The van der Waals surface area contributed by atoms with E-state index in [1.165, 1.54) is 0 Å². The van der Waals surface area contributed by atoms with Crippen LogP contribution in [-0.4, -0.2) is 25.6 Å². The molecule has 1 N–H and O–H groups in total. The highest BCUT2D eigenvalue weighted by Gasteiger charge is 2.20.